The first-order valence-electron chi connectivity index (χ1n) is 7.35. The molecule has 1 aliphatic rings. The van der Waals surface area contributed by atoms with Crippen LogP contribution in [0.3, 0.4) is 0 Å². The topological polar surface area (TPSA) is 45.2 Å². The molecule has 4 nitrogen and oxygen atoms in total. The second-order valence-corrected chi connectivity index (χ2v) is 6.70. The predicted octanol–water partition coefficient (Wildman–Crippen LogP) is 4.13. The molecule has 2 heterocycles. The quantitative estimate of drug-likeness (QED) is 0.830. The van der Waals surface area contributed by atoms with E-state index in [0.29, 0.717) is 16.8 Å². The molecule has 0 aliphatic carbocycles. The van der Waals surface area contributed by atoms with Crippen LogP contribution in [-0.2, 0) is 0 Å². The number of carbonyl (C=O) groups excluding carboxylic acids is 1. The maximum Gasteiger partial charge on any atom is 0.273 e. The highest BCUT2D eigenvalue weighted by Crippen LogP contribution is 2.26. The average molecular weight is 409 g/mol. The lowest BCUT2D eigenvalue weighted by Crippen LogP contribution is -2.44. The van der Waals surface area contributed by atoms with E-state index in [2.05, 4.69) is 10.3 Å². The van der Waals surface area contributed by atoms with Crippen molar-refractivity contribution in [2.24, 2.45) is 0 Å². The van der Waals surface area contributed by atoms with Crippen LogP contribution in [0.5, 0.6) is 0 Å². The van der Waals surface area contributed by atoms with Crippen LogP contribution in [0, 0.1) is 0 Å². The van der Waals surface area contributed by atoms with Crippen LogP contribution < -0.4 is 5.32 Å². The van der Waals surface area contributed by atoms with Crippen molar-refractivity contribution in [3.63, 3.8) is 0 Å². The lowest BCUT2D eigenvalue weighted by atomic mass is 10.1. The molecule has 2 aromatic rings. The molecule has 24 heavy (non-hydrogen) atoms. The number of nitrogens with zero attached hydrogens (tertiary/aromatic N) is 2. The highest BCUT2D eigenvalue weighted by Gasteiger charge is 2.24. The molecule has 1 aromatic heterocycles. The van der Waals surface area contributed by atoms with E-state index in [0.717, 1.165) is 36.5 Å². The van der Waals surface area contributed by atoms with Crippen LogP contribution in [0.4, 0.5) is 0 Å². The Kier molecular flexibility index (Phi) is 8.46. The molecule has 1 aliphatic heterocycles. The third kappa shape index (κ3) is 4.83. The number of carbonyl (C=O) groups is 1. The smallest absolute Gasteiger partial charge is 0.273 e. The van der Waals surface area contributed by atoms with Gasteiger partial charge in [-0.2, -0.15) is 0 Å². The number of thiazole rings is 1. The van der Waals surface area contributed by atoms with Crippen LogP contribution in [0.15, 0.2) is 29.6 Å². The van der Waals surface area contributed by atoms with Gasteiger partial charge in [-0.1, -0.05) is 23.7 Å². The first-order chi connectivity index (χ1) is 10.7. The first-order valence-corrected chi connectivity index (χ1v) is 8.61. The molecule has 0 bridgehead atoms. The molecule has 3 rings (SSSR count). The molecule has 0 radical (unpaired) electrons. The number of piperidine rings is 1. The number of amides is 1. The number of hydrogen-bond acceptors (Lipinski definition) is 4. The Labute approximate surface area is 163 Å². The molecule has 0 saturated carbocycles. The van der Waals surface area contributed by atoms with E-state index in [9.17, 15) is 4.79 Å². The van der Waals surface area contributed by atoms with Crippen LogP contribution in [0.1, 0.15) is 23.3 Å². The lowest BCUT2D eigenvalue weighted by Gasteiger charge is -2.31. The summed E-state index contributed by atoms with van der Waals surface area (Å²) in [4.78, 5) is 18.9. The third-order valence-electron chi connectivity index (χ3n) is 3.99. The van der Waals surface area contributed by atoms with Gasteiger partial charge in [0.25, 0.3) is 5.91 Å². The van der Waals surface area contributed by atoms with Gasteiger partial charge in [-0.05, 0) is 32.0 Å². The number of likely N-dealkylation sites (tertiary alicyclic amines) is 1. The Morgan fingerprint density at radius 1 is 1.33 bits per heavy atom. The Hall–Kier alpha value is -0.850. The SMILES string of the molecule is CNC1CCN(C(=O)c2csc(-c3cccc(Cl)c3)n2)CC1.Cl.Cl. The third-order valence-corrected chi connectivity index (χ3v) is 5.11. The Balaban J connectivity index is 0.00000144. The second-order valence-electron chi connectivity index (χ2n) is 5.40. The Morgan fingerprint density at radius 3 is 2.67 bits per heavy atom. The molecular weight excluding hydrogens is 389 g/mol. The molecular formula is C16H20Cl3N3OS. The minimum absolute atomic E-state index is 0. The first kappa shape index (κ1) is 21.2. The van der Waals surface area contributed by atoms with Crippen LogP contribution >= 0.6 is 47.8 Å². The fourth-order valence-corrected chi connectivity index (χ4v) is 3.64. The predicted molar refractivity (Wildman–Crippen MR) is 105 cm³/mol. The summed E-state index contributed by atoms with van der Waals surface area (Å²) in [6.07, 6.45) is 1.99. The summed E-state index contributed by atoms with van der Waals surface area (Å²) in [5.74, 6) is 0.0269. The number of hydrogen-bond donors (Lipinski definition) is 1. The monoisotopic (exact) mass is 407 g/mol. The Morgan fingerprint density at radius 2 is 2.04 bits per heavy atom. The van der Waals surface area contributed by atoms with Crippen molar-refractivity contribution in [3.8, 4) is 10.6 Å². The summed E-state index contributed by atoms with van der Waals surface area (Å²) in [5.41, 5.74) is 1.48. The van der Waals surface area contributed by atoms with E-state index < -0.39 is 0 Å². The zero-order chi connectivity index (χ0) is 15.5. The minimum atomic E-state index is 0. The summed E-state index contributed by atoms with van der Waals surface area (Å²) in [6, 6.07) is 8.06. The van der Waals surface area contributed by atoms with E-state index >= 15 is 0 Å². The zero-order valence-electron chi connectivity index (χ0n) is 13.2. The van der Waals surface area contributed by atoms with Crippen molar-refractivity contribution in [2.75, 3.05) is 20.1 Å². The fraction of sp³-hybridized carbons (Fsp3) is 0.375. The van der Waals surface area contributed by atoms with Gasteiger partial charge in [0.1, 0.15) is 10.7 Å². The van der Waals surface area contributed by atoms with Crippen LogP contribution in [0.25, 0.3) is 10.6 Å². The van der Waals surface area contributed by atoms with E-state index in [-0.39, 0.29) is 30.7 Å². The van der Waals surface area contributed by atoms with Gasteiger partial charge in [-0.3, -0.25) is 4.79 Å². The van der Waals surface area contributed by atoms with Gasteiger partial charge >= 0.3 is 0 Å². The molecule has 1 amide bonds. The van der Waals surface area contributed by atoms with E-state index in [1.165, 1.54) is 11.3 Å². The molecule has 0 atom stereocenters. The number of nitrogens with one attached hydrogen (secondary N) is 1. The number of benzene rings is 1. The van der Waals surface area contributed by atoms with Crippen LogP contribution in [0.2, 0.25) is 5.02 Å². The highest BCUT2D eigenvalue weighted by molar-refractivity contribution is 7.13. The number of aromatic nitrogens is 1. The number of rotatable bonds is 3. The summed E-state index contributed by atoms with van der Waals surface area (Å²) in [5, 5.41) is 6.61. The highest BCUT2D eigenvalue weighted by atomic mass is 35.5. The molecule has 8 heteroatoms. The normalized spacial score (nSPS) is 14.7. The largest absolute Gasteiger partial charge is 0.337 e. The van der Waals surface area contributed by atoms with Gasteiger partial charge in [0.15, 0.2) is 0 Å². The Bertz CT molecular complexity index is 672. The molecule has 1 aromatic carbocycles. The molecule has 1 saturated heterocycles. The van der Waals surface area contributed by atoms with Gasteiger partial charge < -0.3 is 10.2 Å². The maximum absolute atomic E-state index is 12.5. The molecule has 1 fully saturated rings. The van der Waals surface area contributed by atoms with Crippen molar-refractivity contribution in [1.29, 1.82) is 0 Å². The van der Waals surface area contributed by atoms with Gasteiger partial charge in [0.05, 0.1) is 0 Å². The fourth-order valence-electron chi connectivity index (χ4n) is 2.66. The lowest BCUT2D eigenvalue weighted by molar-refractivity contribution is 0.0702. The number of halogens is 3. The second kappa shape index (κ2) is 9.59. The van der Waals surface area contributed by atoms with E-state index in [4.69, 9.17) is 11.6 Å². The van der Waals surface area contributed by atoms with Crippen molar-refractivity contribution in [3.05, 3.63) is 40.4 Å². The average Bonchev–Trinajstić information content (AvgIpc) is 3.04. The summed E-state index contributed by atoms with van der Waals surface area (Å²) in [7, 11) is 1.97. The standard InChI is InChI=1S/C16H18ClN3OS.2ClH/c1-18-13-5-7-20(8-6-13)16(21)14-10-22-15(19-14)11-3-2-4-12(17)9-11;;/h2-4,9-10,13,18H,5-8H2,1H3;2*1H. The summed E-state index contributed by atoms with van der Waals surface area (Å²) in [6.45, 7) is 1.57. The van der Waals surface area contributed by atoms with E-state index in [1.54, 1.807) is 0 Å². The van der Waals surface area contributed by atoms with Crippen LogP contribution in [-0.4, -0.2) is 42.0 Å². The zero-order valence-corrected chi connectivity index (χ0v) is 16.4. The van der Waals surface area contributed by atoms with E-state index in [1.807, 2.05) is 41.6 Å². The molecule has 1 N–H and O–H groups in total. The minimum Gasteiger partial charge on any atom is -0.337 e. The summed E-state index contributed by atoms with van der Waals surface area (Å²) >= 11 is 7.49. The van der Waals surface area contributed by atoms with Gasteiger partial charge in [-0.15, -0.1) is 36.2 Å². The molecule has 0 unspecified atom stereocenters. The molecule has 132 valence electrons. The van der Waals surface area contributed by atoms with Gasteiger partial charge in [0.2, 0.25) is 0 Å². The van der Waals surface area contributed by atoms with Crippen molar-refractivity contribution in [1.82, 2.24) is 15.2 Å². The van der Waals surface area contributed by atoms with Gasteiger partial charge in [-0.25, -0.2) is 4.98 Å². The maximum atomic E-state index is 12.5. The van der Waals surface area contributed by atoms with Gasteiger partial charge in [0, 0.05) is 35.1 Å². The van der Waals surface area contributed by atoms with Crippen molar-refractivity contribution >= 4 is 53.7 Å². The molecule has 0 spiro atoms. The summed E-state index contributed by atoms with van der Waals surface area (Å²) < 4.78 is 0. The van der Waals surface area contributed by atoms with Crippen molar-refractivity contribution in [2.45, 2.75) is 18.9 Å². The van der Waals surface area contributed by atoms with Crippen molar-refractivity contribution < 1.29 is 4.79 Å².